The number of fused-ring (bicyclic) bond motifs is 1. The van der Waals surface area contributed by atoms with Crippen LogP contribution in [-0.4, -0.2) is 50.7 Å². The summed E-state index contributed by atoms with van der Waals surface area (Å²) in [5.41, 5.74) is 3.48. The summed E-state index contributed by atoms with van der Waals surface area (Å²) >= 11 is 1.47. The summed E-state index contributed by atoms with van der Waals surface area (Å²) in [6.45, 7) is 0.772. The standard InChI is InChI=1S/C25H32N8OS/c1-32(25-26-12-14-35-25)23(34)20-11-6-13-33(20)24-27-18-10-5-9-17(18)22(29-24)28-21-15-19(30-31-21)16-7-3-2-4-8-16/h12,14-16,20H,2-11,13H2,1H3,(H2,27,28,29,30,31)/t20-/m0/s1. The number of amides is 1. The maximum Gasteiger partial charge on any atom is 0.251 e. The number of nitrogens with one attached hydrogen (secondary N) is 2. The van der Waals surface area contributed by atoms with Gasteiger partial charge in [0.15, 0.2) is 10.9 Å². The number of anilines is 4. The number of aryl methyl sites for hydroxylation is 1. The number of aromatic amines is 1. The summed E-state index contributed by atoms with van der Waals surface area (Å²) in [4.78, 5) is 31.3. The minimum absolute atomic E-state index is 0.0421. The molecule has 0 bridgehead atoms. The second-order valence-corrected chi connectivity index (χ2v) is 10.8. The van der Waals surface area contributed by atoms with Crippen LogP contribution in [0.3, 0.4) is 0 Å². The highest BCUT2D eigenvalue weighted by molar-refractivity contribution is 7.13. The van der Waals surface area contributed by atoms with Crippen molar-refractivity contribution in [2.24, 2.45) is 0 Å². The number of carbonyl (C=O) groups is 1. The molecule has 0 aromatic carbocycles. The lowest BCUT2D eigenvalue weighted by Gasteiger charge is -2.27. The van der Waals surface area contributed by atoms with E-state index in [9.17, 15) is 4.79 Å². The lowest BCUT2D eigenvalue weighted by molar-refractivity contribution is -0.119. The predicted molar refractivity (Wildman–Crippen MR) is 138 cm³/mol. The zero-order valence-corrected chi connectivity index (χ0v) is 21.0. The Morgan fingerprint density at radius 1 is 1.14 bits per heavy atom. The van der Waals surface area contributed by atoms with Crippen molar-refractivity contribution < 1.29 is 4.79 Å². The Bertz CT molecular complexity index is 1190. The molecule has 6 rings (SSSR count). The number of H-pyrrole nitrogens is 1. The normalized spacial score (nSPS) is 20.3. The lowest BCUT2D eigenvalue weighted by atomic mass is 9.87. The molecule has 9 nitrogen and oxygen atoms in total. The number of likely N-dealkylation sites (N-methyl/N-ethyl adjacent to an activating group) is 1. The fourth-order valence-electron chi connectivity index (χ4n) is 5.76. The molecule has 0 unspecified atom stereocenters. The Morgan fingerprint density at radius 2 is 2.03 bits per heavy atom. The monoisotopic (exact) mass is 492 g/mol. The van der Waals surface area contributed by atoms with Gasteiger partial charge in [-0.05, 0) is 44.9 Å². The second kappa shape index (κ2) is 9.56. The van der Waals surface area contributed by atoms with Crippen LogP contribution in [0.4, 0.5) is 22.7 Å². The number of hydrogen-bond acceptors (Lipinski definition) is 8. The molecule has 184 valence electrons. The second-order valence-electron chi connectivity index (χ2n) is 9.88. The Morgan fingerprint density at radius 3 is 2.86 bits per heavy atom. The molecule has 0 spiro atoms. The molecule has 1 saturated heterocycles. The Kier molecular flexibility index (Phi) is 6.13. The molecule has 1 aliphatic heterocycles. The van der Waals surface area contributed by atoms with Crippen molar-refractivity contribution in [1.29, 1.82) is 0 Å². The van der Waals surface area contributed by atoms with Gasteiger partial charge in [0.1, 0.15) is 11.9 Å². The maximum atomic E-state index is 13.4. The lowest BCUT2D eigenvalue weighted by Crippen LogP contribution is -2.45. The number of nitrogens with zero attached hydrogens (tertiary/aromatic N) is 6. The largest absolute Gasteiger partial charge is 0.329 e. The third-order valence-electron chi connectivity index (χ3n) is 7.64. The Balaban J connectivity index is 1.26. The fraction of sp³-hybridized carbons (Fsp3) is 0.560. The van der Waals surface area contributed by atoms with Gasteiger partial charge in [-0.2, -0.15) is 10.1 Å². The van der Waals surface area contributed by atoms with Crippen LogP contribution in [0.2, 0.25) is 0 Å². The molecule has 4 heterocycles. The minimum Gasteiger partial charge on any atom is -0.329 e. The molecule has 10 heteroatoms. The van der Waals surface area contributed by atoms with Crippen LogP contribution >= 0.6 is 11.3 Å². The summed E-state index contributed by atoms with van der Waals surface area (Å²) in [5, 5.41) is 13.9. The molecule has 1 saturated carbocycles. The first-order valence-electron chi connectivity index (χ1n) is 12.8. The molecule has 1 amide bonds. The highest BCUT2D eigenvalue weighted by atomic mass is 32.1. The van der Waals surface area contributed by atoms with E-state index in [2.05, 4.69) is 31.5 Å². The molecular weight excluding hydrogens is 460 g/mol. The van der Waals surface area contributed by atoms with Crippen LogP contribution in [0.15, 0.2) is 17.6 Å². The zero-order valence-electron chi connectivity index (χ0n) is 20.2. The molecule has 2 fully saturated rings. The zero-order chi connectivity index (χ0) is 23.8. The van der Waals surface area contributed by atoms with Gasteiger partial charge < -0.3 is 10.2 Å². The Hall–Kier alpha value is -3.01. The van der Waals surface area contributed by atoms with Gasteiger partial charge in [0.25, 0.3) is 5.91 Å². The van der Waals surface area contributed by atoms with E-state index in [0.717, 1.165) is 56.0 Å². The molecule has 1 atom stereocenters. The molecule has 35 heavy (non-hydrogen) atoms. The molecule has 0 radical (unpaired) electrons. The van der Waals surface area contributed by atoms with Crippen molar-refractivity contribution in [2.75, 3.05) is 28.7 Å². The first-order valence-corrected chi connectivity index (χ1v) is 13.7. The summed E-state index contributed by atoms with van der Waals surface area (Å²) in [6, 6.07) is 1.86. The highest BCUT2D eigenvalue weighted by Crippen LogP contribution is 2.35. The SMILES string of the molecule is CN(C(=O)[C@@H]1CCCN1c1nc2c(c(Nc3cc(C4CCCCC4)[nH]n3)n1)CCC2)c1nccs1. The van der Waals surface area contributed by atoms with Crippen molar-refractivity contribution in [1.82, 2.24) is 25.1 Å². The van der Waals surface area contributed by atoms with Gasteiger partial charge in [-0.25, -0.2) is 9.97 Å². The summed E-state index contributed by atoms with van der Waals surface area (Å²) < 4.78 is 0. The molecule has 3 aromatic heterocycles. The highest BCUT2D eigenvalue weighted by Gasteiger charge is 2.36. The average Bonchev–Trinajstić information content (AvgIpc) is 3.69. The van der Waals surface area contributed by atoms with Gasteiger partial charge >= 0.3 is 0 Å². The fourth-order valence-corrected chi connectivity index (χ4v) is 6.37. The van der Waals surface area contributed by atoms with Crippen molar-refractivity contribution in [3.8, 4) is 0 Å². The first kappa shape index (κ1) is 22.5. The van der Waals surface area contributed by atoms with Crippen LogP contribution in [-0.2, 0) is 17.6 Å². The van der Waals surface area contributed by atoms with Gasteiger partial charge in [-0.15, -0.1) is 11.3 Å². The smallest absolute Gasteiger partial charge is 0.251 e. The summed E-state index contributed by atoms with van der Waals surface area (Å²) in [7, 11) is 1.80. The Labute approximate surface area is 209 Å². The maximum absolute atomic E-state index is 13.4. The van der Waals surface area contributed by atoms with E-state index in [4.69, 9.17) is 9.97 Å². The number of thiazole rings is 1. The van der Waals surface area contributed by atoms with E-state index in [1.54, 1.807) is 18.1 Å². The van der Waals surface area contributed by atoms with E-state index < -0.39 is 0 Å². The van der Waals surface area contributed by atoms with E-state index in [1.807, 2.05) is 5.38 Å². The number of rotatable bonds is 6. The topological polar surface area (TPSA) is 103 Å². The van der Waals surface area contributed by atoms with Gasteiger partial charge in [0.2, 0.25) is 5.95 Å². The van der Waals surface area contributed by atoms with Crippen LogP contribution in [0.5, 0.6) is 0 Å². The van der Waals surface area contributed by atoms with Crippen molar-refractivity contribution in [3.63, 3.8) is 0 Å². The molecule has 2 N–H and O–H groups in total. The van der Waals surface area contributed by atoms with Crippen LogP contribution in [0.1, 0.15) is 74.2 Å². The minimum atomic E-state index is -0.278. The van der Waals surface area contributed by atoms with E-state index in [1.165, 1.54) is 54.7 Å². The molecular formula is C25H32N8OS. The van der Waals surface area contributed by atoms with Crippen molar-refractivity contribution in [2.45, 2.75) is 76.2 Å². The van der Waals surface area contributed by atoms with Gasteiger partial charge in [-0.1, -0.05) is 19.3 Å². The van der Waals surface area contributed by atoms with Gasteiger partial charge in [0.05, 0.1) is 5.69 Å². The number of aromatic nitrogens is 5. The predicted octanol–water partition coefficient (Wildman–Crippen LogP) is 4.57. The van der Waals surface area contributed by atoms with Crippen LogP contribution in [0.25, 0.3) is 0 Å². The van der Waals surface area contributed by atoms with E-state index >= 15 is 0 Å². The van der Waals surface area contributed by atoms with E-state index in [0.29, 0.717) is 17.0 Å². The van der Waals surface area contributed by atoms with Crippen LogP contribution in [0, 0.1) is 0 Å². The average molecular weight is 493 g/mol. The third-order valence-corrected chi connectivity index (χ3v) is 8.49. The quantitative estimate of drug-likeness (QED) is 0.520. The molecule has 2 aliphatic carbocycles. The van der Waals surface area contributed by atoms with Crippen LogP contribution < -0.4 is 15.1 Å². The number of carbonyl (C=O) groups excluding carboxylic acids is 1. The summed E-state index contributed by atoms with van der Waals surface area (Å²) in [6.07, 6.45) is 12.8. The van der Waals surface area contributed by atoms with E-state index in [-0.39, 0.29) is 11.9 Å². The number of hydrogen-bond donors (Lipinski definition) is 2. The summed E-state index contributed by atoms with van der Waals surface area (Å²) in [5.74, 6) is 2.89. The molecule has 3 aliphatic rings. The molecule has 3 aromatic rings. The van der Waals surface area contributed by atoms with Crippen molar-refractivity contribution in [3.05, 3.63) is 34.6 Å². The van der Waals surface area contributed by atoms with Gasteiger partial charge in [0, 0.05) is 48.4 Å². The van der Waals surface area contributed by atoms with Crippen molar-refractivity contribution >= 4 is 40.0 Å². The van der Waals surface area contributed by atoms with Gasteiger partial charge in [-0.3, -0.25) is 14.8 Å². The first-order chi connectivity index (χ1) is 17.2. The third kappa shape index (κ3) is 4.39.